The van der Waals surface area contributed by atoms with Crippen molar-refractivity contribution < 1.29 is 0 Å². The maximum Gasteiger partial charge on any atom is 0.202 e. The highest BCUT2D eigenvalue weighted by molar-refractivity contribution is 6.40. The summed E-state index contributed by atoms with van der Waals surface area (Å²) in [7, 11) is 0. The highest BCUT2D eigenvalue weighted by atomic mass is 14.8. The van der Waals surface area contributed by atoms with Crippen molar-refractivity contribution in [2.24, 2.45) is 0 Å². The fourth-order valence-electron chi connectivity index (χ4n) is 17.7. The van der Waals surface area contributed by atoms with Crippen molar-refractivity contribution in [1.29, 1.82) is 5.26 Å². The average Bonchev–Trinajstić information content (AvgIpc) is 0.711. The normalized spacial score (nSPS) is 11.6. The maximum absolute atomic E-state index is 9.90. The molecule has 0 N–H and O–H groups in total. The van der Waals surface area contributed by atoms with Gasteiger partial charge in [-0.25, -0.2) is 4.98 Å². The average molecular weight is 1470 g/mol. The van der Waals surface area contributed by atoms with Crippen LogP contribution in [0.5, 0.6) is 0 Å². The predicted molar refractivity (Wildman–Crippen MR) is 477 cm³/mol. The SMILES string of the molecule is [C-]#[N+]c1c([N+]#[C-])c([N+]#[C-])c2cc3c4cc5ccccc5cc4c4nccnc4c3cc2c1C#N.c1ccc2cc3c(cc2c1)c1cc2ccccc2cc1c1nccnc31.c1ccc2cc3c(cc2c1)c1cc2ccccc2nc1c1nccnc31.c1ccc2cc3c(cc2c1)c1nccnc1c1c2ccccc2c2ccccc2c31. The van der Waals surface area contributed by atoms with Crippen LogP contribution in [-0.4, -0.2) is 44.9 Å². The second-order valence-electron chi connectivity index (χ2n) is 29.0. The summed E-state index contributed by atoms with van der Waals surface area (Å²) in [4.78, 5) is 52.9. The Kier molecular flexibility index (Phi) is 15.2. The number of nitriles is 1. The molecule has 0 aliphatic heterocycles. The summed E-state index contributed by atoms with van der Waals surface area (Å²) >= 11 is 0. The molecule has 0 spiro atoms. The van der Waals surface area contributed by atoms with Crippen LogP contribution in [0.1, 0.15) is 5.56 Å². The molecular weight excluding hydrogens is 1420 g/mol. The first-order chi connectivity index (χ1) is 57.4. The number of fused-ring (bicyclic) bond motifs is 36. The van der Waals surface area contributed by atoms with Gasteiger partial charge in [0.15, 0.2) is 5.69 Å². The second-order valence-corrected chi connectivity index (χ2v) is 29.0. The smallest absolute Gasteiger partial charge is 0.202 e. The molecule has 0 saturated heterocycles. The van der Waals surface area contributed by atoms with Gasteiger partial charge in [-0.05, 0) is 197 Å². The zero-order valence-corrected chi connectivity index (χ0v) is 61.4. The molecular formula is C103H53N13. The van der Waals surface area contributed by atoms with Crippen LogP contribution in [0.4, 0.5) is 17.1 Å². The molecule has 25 rings (SSSR count). The summed E-state index contributed by atoms with van der Waals surface area (Å²) in [6, 6.07) is 97.9. The van der Waals surface area contributed by atoms with Crippen molar-refractivity contribution in [2.75, 3.05) is 0 Å². The Morgan fingerprint density at radius 2 is 0.474 bits per heavy atom. The van der Waals surface area contributed by atoms with E-state index in [2.05, 4.69) is 269 Å². The van der Waals surface area contributed by atoms with Crippen LogP contribution in [0, 0.1) is 31.0 Å². The Balaban J connectivity index is 0.0000000943. The number of benzene rings is 20. The first kappa shape index (κ1) is 66.3. The maximum atomic E-state index is 9.90. The van der Waals surface area contributed by atoms with Gasteiger partial charge in [0.2, 0.25) is 11.4 Å². The first-order valence-corrected chi connectivity index (χ1v) is 37.8. The van der Waals surface area contributed by atoms with Crippen molar-refractivity contribution in [3.05, 3.63) is 362 Å². The van der Waals surface area contributed by atoms with Gasteiger partial charge in [-0.2, -0.15) is 5.26 Å². The van der Waals surface area contributed by atoms with Crippen LogP contribution in [0.3, 0.4) is 0 Å². The van der Waals surface area contributed by atoms with Gasteiger partial charge in [0, 0.05) is 103 Å². The van der Waals surface area contributed by atoms with Gasteiger partial charge in [-0.1, -0.05) is 194 Å². The minimum Gasteiger partial charge on any atom is -0.262 e. The molecule has 116 heavy (non-hydrogen) atoms. The van der Waals surface area contributed by atoms with E-state index in [9.17, 15) is 5.26 Å². The van der Waals surface area contributed by atoms with E-state index in [4.69, 9.17) is 34.7 Å². The minimum atomic E-state index is -0.0856. The van der Waals surface area contributed by atoms with Crippen molar-refractivity contribution in [2.45, 2.75) is 0 Å². The molecule has 0 aliphatic rings. The van der Waals surface area contributed by atoms with Crippen LogP contribution in [0.15, 0.2) is 323 Å². The third-order valence-electron chi connectivity index (χ3n) is 22.8. The lowest BCUT2D eigenvalue weighted by Crippen LogP contribution is -1.91. The fourth-order valence-corrected chi connectivity index (χ4v) is 17.7. The molecule has 0 fully saturated rings. The number of hydrogen-bond donors (Lipinski definition) is 0. The summed E-state index contributed by atoms with van der Waals surface area (Å²) in [5.41, 5.74) is 8.96. The molecule has 0 unspecified atom stereocenters. The van der Waals surface area contributed by atoms with Gasteiger partial charge in [-0.3, -0.25) is 54.4 Å². The molecule has 530 valence electrons. The lowest BCUT2D eigenvalue weighted by molar-refractivity contribution is 1.30. The zero-order valence-electron chi connectivity index (χ0n) is 61.4. The lowest BCUT2D eigenvalue weighted by Gasteiger charge is -2.15. The van der Waals surface area contributed by atoms with Crippen LogP contribution in [0.2, 0.25) is 0 Å². The van der Waals surface area contributed by atoms with Crippen molar-refractivity contribution >= 4 is 245 Å². The monoisotopic (exact) mass is 1470 g/mol. The van der Waals surface area contributed by atoms with Gasteiger partial charge in [-0.15, -0.1) is 0 Å². The van der Waals surface area contributed by atoms with Crippen LogP contribution in [0.25, 0.3) is 242 Å². The predicted octanol–water partition coefficient (Wildman–Crippen LogP) is 27.0. The largest absolute Gasteiger partial charge is 0.262 e. The molecule has 0 saturated carbocycles. The highest BCUT2D eigenvalue weighted by Gasteiger charge is 2.25. The van der Waals surface area contributed by atoms with E-state index in [1.165, 1.54) is 97.0 Å². The Morgan fingerprint density at radius 3 is 0.879 bits per heavy atom. The summed E-state index contributed by atoms with van der Waals surface area (Å²) < 4.78 is 0. The molecule has 0 bridgehead atoms. The summed E-state index contributed by atoms with van der Waals surface area (Å²) in [6.45, 7) is 22.9. The third kappa shape index (κ3) is 10.3. The number of nitrogens with zero attached hydrogens (tertiary/aromatic N) is 13. The van der Waals surface area contributed by atoms with Crippen molar-refractivity contribution in [1.82, 2.24) is 44.9 Å². The molecule has 0 atom stereocenters. The molecule has 5 heterocycles. The number of pyridine rings is 1. The van der Waals surface area contributed by atoms with Crippen LogP contribution >= 0.6 is 0 Å². The van der Waals surface area contributed by atoms with E-state index in [1.807, 2.05) is 54.6 Å². The lowest BCUT2D eigenvalue weighted by atomic mass is 9.89. The molecule has 20 aromatic carbocycles. The molecule has 25 aromatic rings. The quantitative estimate of drug-likeness (QED) is 0.0814. The molecule has 0 radical (unpaired) electrons. The van der Waals surface area contributed by atoms with E-state index < -0.39 is 0 Å². The summed E-state index contributed by atoms with van der Waals surface area (Å²) in [5, 5.41) is 45.5. The highest BCUT2D eigenvalue weighted by Crippen LogP contribution is 2.51. The van der Waals surface area contributed by atoms with Crippen LogP contribution < -0.4 is 0 Å². The number of aromatic nitrogens is 9. The third-order valence-corrected chi connectivity index (χ3v) is 22.8. The Labute approximate surface area is 659 Å². The Bertz CT molecular complexity index is 8410. The van der Waals surface area contributed by atoms with E-state index in [-0.39, 0.29) is 22.6 Å². The molecule has 0 amide bonds. The minimum absolute atomic E-state index is 0.0799. The molecule has 13 heteroatoms. The van der Waals surface area contributed by atoms with Gasteiger partial charge >= 0.3 is 0 Å². The summed E-state index contributed by atoms with van der Waals surface area (Å²) in [5.74, 6) is 0. The van der Waals surface area contributed by atoms with E-state index in [1.54, 1.807) is 49.6 Å². The topological polar surface area (TPSA) is 153 Å². The second kappa shape index (κ2) is 26.5. The number of rotatable bonds is 0. The van der Waals surface area contributed by atoms with Crippen LogP contribution in [-0.2, 0) is 0 Å². The van der Waals surface area contributed by atoms with E-state index in [0.29, 0.717) is 16.3 Å². The molecule has 5 aromatic heterocycles. The van der Waals surface area contributed by atoms with E-state index in [0.717, 1.165) is 114 Å². The van der Waals surface area contributed by atoms with Crippen molar-refractivity contribution in [3.8, 4) is 6.07 Å². The zero-order chi connectivity index (χ0) is 77.2. The molecule has 13 nitrogen and oxygen atoms in total. The fraction of sp³-hybridized carbons (Fsp3) is 0. The van der Waals surface area contributed by atoms with Gasteiger partial charge in [0.25, 0.3) is 0 Å². The Morgan fingerprint density at radius 1 is 0.207 bits per heavy atom. The standard InChI is InChI=1S/C28H10N6.C28H16N2.C24H14N2.C23H13N3/c1-30-24-21-12-18-17-10-15-6-4-5-7-16(15)11-20(17)26-27(34-9-8-33-26)22(18)13-19(21)23(14-29)25(31-2)28(24)32-3;1-2-8-18-16-24-23(15-17(18)7-1)25-21-11-5-3-9-19(21)20-10-4-6-12-22(20)26(25)28-27(24)29-13-14-30-28;1-3-7-17-13-21-19(11-15(17)5-1)20-12-16-6-2-4-8-18(16)14-22(20)24-23(21)25-9-10-26-24;1-2-6-15-12-18-17(11-14(15)5-1)19-13-16-7-3-4-8-20(16)26-22(19)23-21(18)24-9-10-25-23/h4-13H;1-16H;1-14H;1-13H. The van der Waals surface area contributed by atoms with Gasteiger partial charge in [0.05, 0.1) is 81.0 Å². The molecule has 0 aliphatic carbocycles. The van der Waals surface area contributed by atoms with E-state index >= 15 is 0 Å². The number of para-hydroxylation sites is 1. The van der Waals surface area contributed by atoms with Gasteiger partial charge < -0.3 is 0 Å². The Hall–Kier alpha value is -16.7. The number of hydrogen-bond acceptors (Lipinski definition) is 10. The van der Waals surface area contributed by atoms with Crippen molar-refractivity contribution in [3.63, 3.8) is 0 Å². The first-order valence-electron chi connectivity index (χ1n) is 37.8. The van der Waals surface area contributed by atoms with Gasteiger partial charge in [0.1, 0.15) is 5.52 Å². The summed E-state index contributed by atoms with van der Waals surface area (Å²) in [6.07, 6.45) is 13.9.